The Labute approximate surface area is 154 Å². The van der Waals surface area contributed by atoms with E-state index in [1.165, 1.54) is 7.11 Å². The van der Waals surface area contributed by atoms with Crippen molar-refractivity contribution in [3.63, 3.8) is 0 Å². The van der Waals surface area contributed by atoms with Crippen molar-refractivity contribution in [2.24, 2.45) is 0 Å². The fourth-order valence-corrected chi connectivity index (χ4v) is 3.46. The molecule has 2 aromatic rings. The van der Waals surface area contributed by atoms with E-state index in [1.54, 1.807) is 55.7 Å². The average molecular weight is 376 g/mol. The molecule has 0 saturated carbocycles. The molecule has 0 aliphatic carbocycles. The minimum absolute atomic E-state index is 0.317. The number of hydrogen-bond acceptors (Lipinski definition) is 5. The largest absolute Gasteiger partial charge is 0.493 e. The molecule has 0 spiro atoms. The number of methoxy groups -OCH3 is 2. The van der Waals surface area contributed by atoms with Crippen molar-refractivity contribution >= 4 is 46.3 Å². The van der Waals surface area contributed by atoms with Crippen molar-refractivity contribution < 1.29 is 19.1 Å². The third-order valence-corrected chi connectivity index (χ3v) is 4.78. The standard InChI is InChI=1S/C18H14ClNO4S/c1-23-14-8-7-11(9-15(14)24-2)10-16-17(21)20(18(22)25-16)13-6-4-3-5-12(13)19/h3-10H,1-2H3/b16-10+. The zero-order valence-electron chi connectivity index (χ0n) is 13.5. The minimum atomic E-state index is -0.405. The van der Waals surface area contributed by atoms with E-state index in [-0.39, 0.29) is 5.24 Å². The first-order valence-electron chi connectivity index (χ1n) is 7.29. The van der Waals surface area contributed by atoms with E-state index in [2.05, 4.69) is 0 Å². The molecular weight excluding hydrogens is 362 g/mol. The molecule has 1 aliphatic rings. The Morgan fingerprint density at radius 3 is 2.44 bits per heavy atom. The lowest BCUT2D eigenvalue weighted by atomic mass is 10.2. The molecule has 1 aliphatic heterocycles. The van der Waals surface area contributed by atoms with E-state index in [1.807, 2.05) is 0 Å². The molecule has 0 atom stereocenters. The molecule has 0 N–H and O–H groups in total. The molecule has 7 heteroatoms. The van der Waals surface area contributed by atoms with Crippen LogP contribution >= 0.6 is 23.4 Å². The van der Waals surface area contributed by atoms with Gasteiger partial charge in [0.2, 0.25) is 0 Å². The van der Waals surface area contributed by atoms with Crippen molar-refractivity contribution in [2.75, 3.05) is 19.1 Å². The molecule has 3 rings (SSSR count). The average Bonchev–Trinajstić information content (AvgIpc) is 2.89. The third kappa shape index (κ3) is 3.36. The quantitative estimate of drug-likeness (QED) is 0.731. The summed E-state index contributed by atoms with van der Waals surface area (Å²) in [6.07, 6.45) is 1.64. The number of amides is 2. The molecule has 0 aromatic heterocycles. The summed E-state index contributed by atoms with van der Waals surface area (Å²) in [5.74, 6) is 0.725. The minimum Gasteiger partial charge on any atom is -0.493 e. The summed E-state index contributed by atoms with van der Waals surface area (Å²) in [6, 6.07) is 12.0. The number of nitrogens with zero attached hydrogens (tertiary/aromatic N) is 1. The highest BCUT2D eigenvalue weighted by atomic mass is 35.5. The van der Waals surface area contributed by atoms with Crippen LogP contribution in [0.1, 0.15) is 5.56 Å². The van der Waals surface area contributed by atoms with Gasteiger partial charge in [-0.25, -0.2) is 4.90 Å². The Kier molecular flexibility index (Phi) is 5.01. The number of benzene rings is 2. The molecule has 1 saturated heterocycles. The first-order valence-corrected chi connectivity index (χ1v) is 8.49. The van der Waals surface area contributed by atoms with Crippen LogP contribution in [-0.4, -0.2) is 25.4 Å². The van der Waals surface area contributed by atoms with Gasteiger partial charge in [-0.05, 0) is 47.7 Å². The molecule has 5 nitrogen and oxygen atoms in total. The van der Waals surface area contributed by atoms with Crippen molar-refractivity contribution in [1.82, 2.24) is 0 Å². The second-order valence-corrected chi connectivity index (χ2v) is 6.48. The smallest absolute Gasteiger partial charge is 0.298 e. The third-order valence-electron chi connectivity index (χ3n) is 3.59. The SMILES string of the molecule is COc1ccc(/C=C2/SC(=O)N(c3ccccc3Cl)C2=O)cc1OC. The number of ether oxygens (including phenoxy) is 2. The first kappa shape index (κ1) is 17.4. The van der Waals surface area contributed by atoms with Gasteiger partial charge in [0.15, 0.2) is 11.5 Å². The van der Waals surface area contributed by atoms with E-state index >= 15 is 0 Å². The van der Waals surface area contributed by atoms with Gasteiger partial charge >= 0.3 is 0 Å². The van der Waals surface area contributed by atoms with Crippen molar-refractivity contribution in [2.45, 2.75) is 0 Å². The van der Waals surface area contributed by atoms with Gasteiger partial charge in [0, 0.05) is 0 Å². The van der Waals surface area contributed by atoms with Crippen LogP contribution in [-0.2, 0) is 4.79 Å². The number of carbonyl (C=O) groups excluding carboxylic acids is 2. The summed E-state index contributed by atoms with van der Waals surface area (Å²) < 4.78 is 10.4. The molecule has 1 heterocycles. The Bertz CT molecular complexity index is 881. The summed E-state index contributed by atoms with van der Waals surface area (Å²) in [7, 11) is 3.08. The van der Waals surface area contributed by atoms with Gasteiger partial charge < -0.3 is 9.47 Å². The molecule has 128 valence electrons. The van der Waals surface area contributed by atoms with Gasteiger partial charge in [0.25, 0.3) is 11.1 Å². The molecule has 2 aromatic carbocycles. The van der Waals surface area contributed by atoms with Crippen LogP contribution in [0.15, 0.2) is 47.4 Å². The fraction of sp³-hybridized carbons (Fsp3) is 0.111. The van der Waals surface area contributed by atoms with E-state index in [0.29, 0.717) is 27.1 Å². The second kappa shape index (κ2) is 7.21. The normalized spacial score (nSPS) is 15.8. The highest BCUT2D eigenvalue weighted by Gasteiger charge is 2.37. The van der Waals surface area contributed by atoms with Gasteiger partial charge in [-0.3, -0.25) is 9.59 Å². The molecule has 0 radical (unpaired) electrons. The van der Waals surface area contributed by atoms with Crippen molar-refractivity contribution in [3.8, 4) is 11.5 Å². The summed E-state index contributed by atoms with van der Waals surface area (Å²) in [5.41, 5.74) is 1.10. The summed E-state index contributed by atoms with van der Waals surface area (Å²) in [6.45, 7) is 0. The highest BCUT2D eigenvalue weighted by molar-refractivity contribution is 8.19. The topological polar surface area (TPSA) is 55.8 Å². The first-order chi connectivity index (χ1) is 12.0. The lowest BCUT2D eigenvalue weighted by Gasteiger charge is -2.13. The molecule has 25 heavy (non-hydrogen) atoms. The van der Waals surface area contributed by atoms with Crippen LogP contribution in [0.3, 0.4) is 0 Å². The Morgan fingerprint density at radius 2 is 1.76 bits per heavy atom. The molecular formula is C18H14ClNO4S. The van der Waals surface area contributed by atoms with Crippen LogP contribution in [0.2, 0.25) is 5.02 Å². The number of carbonyl (C=O) groups is 2. The van der Waals surface area contributed by atoms with Crippen LogP contribution < -0.4 is 14.4 Å². The Morgan fingerprint density at radius 1 is 1.04 bits per heavy atom. The predicted octanol–water partition coefficient (Wildman–Crippen LogP) is 4.60. The summed E-state index contributed by atoms with van der Waals surface area (Å²) >= 11 is 6.98. The van der Waals surface area contributed by atoms with E-state index in [0.717, 1.165) is 22.2 Å². The zero-order valence-corrected chi connectivity index (χ0v) is 15.1. The number of imide groups is 1. The van der Waals surface area contributed by atoms with Crippen LogP contribution in [0.4, 0.5) is 10.5 Å². The Balaban J connectivity index is 1.95. The summed E-state index contributed by atoms with van der Waals surface area (Å²) in [5, 5.41) is -0.0398. The van der Waals surface area contributed by atoms with Gasteiger partial charge in [-0.15, -0.1) is 0 Å². The van der Waals surface area contributed by atoms with E-state index in [9.17, 15) is 9.59 Å². The van der Waals surface area contributed by atoms with Crippen LogP contribution in [0, 0.1) is 0 Å². The molecule has 2 amide bonds. The van der Waals surface area contributed by atoms with Crippen LogP contribution in [0.5, 0.6) is 11.5 Å². The van der Waals surface area contributed by atoms with Crippen molar-refractivity contribution in [1.29, 1.82) is 0 Å². The number of para-hydroxylation sites is 1. The zero-order chi connectivity index (χ0) is 18.0. The lowest BCUT2D eigenvalue weighted by Crippen LogP contribution is -2.27. The number of hydrogen-bond donors (Lipinski definition) is 0. The Hall–Kier alpha value is -2.44. The highest BCUT2D eigenvalue weighted by Crippen LogP contribution is 2.39. The van der Waals surface area contributed by atoms with Gasteiger partial charge in [0.05, 0.1) is 29.8 Å². The monoisotopic (exact) mass is 375 g/mol. The number of rotatable bonds is 4. The molecule has 0 bridgehead atoms. The number of halogens is 1. The van der Waals surface area contributed by atoms with E-state index < -0.39 is 5.91 Å². The van der Waals surface area contributed by atoms with Crippen LogP contribution in [0.25, 0.3) is 6.08 Å². The van der Waals surface area contributed by atoms with Gasteiger partial charge in [-0.1, -0.05) is 29.8 Å². The number of anilines is 1. The maximum Gasteiger partial charge on any atom is 0.298 e. The maximum atomic E-state index is 12.7. The second-order valence-electron chi connectivity index (χ2n) is 5.08. The lowest BCUT2D eigenvalue weighted by molar-refractivity contribution is -0.113. The van der Waals surface area contributed by atoms with Gasteiger partial charge in [-0.2, -0.15) is 0 Å². The fourth-order valence-electron chi connectivity index (χ4n) is 2.40. The summed E-state index contributed by atoms with van der Waals surface area (Å²) in [4.78, 5) is 26.3. The van der Waals surface area contributed by atoms with E-state index in [4.69, 9.17) is 21.1 Å². The van der Waals surface area contributed by atoms with Gasteiger partial charge in [0.1, 0.15) is 0 Å². The molecule has 1 fully saturated rings. The van der Waals surface area contributed by atoms with Crippen molar-refractivity contribution in [3.05, 3.63) is 58.0 Å². The predicted molar refractivity (Wildman–Crippen MR) is 99.4 cm³/mol. The number of thioether (sulfide) groups is 1. The molecule has 0 unspecified atom stereocenters. The maximum absolute atomic E-state index is 12.7.